The summed E-state index contributed by atoms with van der Waals surface area (Å²) in [5, 5.41) is 0. The third kappa shape index (κ3) is 3.23. The molecule has 0 saturated heterocycles. The molecule has 0 N–H and O–H groups in total. The first-order valence-electron chi connectivity index (χ1n) is 8.43. The average molecular weight is 616 g/mol. The summed E-state index contributed by atoms with van der Waals surface area (Å²) in [5.74, 6) is -84.4. The number of hydrogen-bond donors (Lipinski definition) is 0. The van der Waals surface area contributed by atoms with E-state index in [1.807, 2.05) is 0 Å². The van der Waals surface area contributed by atoms with Gasteiger partial charge in [0.1, 0.15) is 0 Å². The molecular formula is C15H5F21O2. The van der Waals surface area contributed by atoms with Crippen LogP contribution in [-0.2, 0) is 9.53 Å². The first-order chi connectivity index (χ1) is 16.1. The molecule has 1 rings (SSSR count). The molecule has 1 aliphatic carbocycles. The Morgan fingerprint density at radius 2 is 0.816 bits per heavy atom. The summed E-state index contributed by atoms with van der Waals surface area (Å²) in [6, 6.07) is 0. The van der Waals surface area contributed by atoms with Gasteiger partial charge < -0.3 is 4.74 Å². The fourth-order valence-electron chi connectivity index (χ4n) is 2.68. The third-order valence-electron chi connectivity index (χ3n) is 4.99. The quantitative estimate of drug-likeness (QED) is 0.137. The van der Waals surface area contributed by atoms with Gasteiger partial charge in [-0.1, -0.05) is 6.58 Å². The molecule has 0 aromatic carbocycles. The Bertz CT molecular complexity index is 955. The van der Waals surface area contributed by atoms with Gasteiger partial charge in [0, 0.05) is 5.57 Å². The molecule has 0 heterocycles. The zero-order valence-corrected chi connectivity index (χ0v) is 17.0. The van der Waals surface area contributed by atoms with Crippen molar-refractivity contribution in [1.82, 2.24) is 0 Å². The van der Waals surface area contributed by atoms with E-state index in [1.165, 1.54) is 0 Å². The van der Waals surface area contributed by atoms with Crippen molar-refractivity contribution in [2.24, 2.45) is 0 Å². The second kappa shape index (κ2) is 7.90. The summed E-state index contributed by atoms with van der Waals surface area (Å²) in [7, 11) is 0. The summed E-state index contributed by atoms with van der Waals surface area (Å²) in [4.78, 5) is 10.9. The summed E-state index contributed by atoms with van der Waals surface area (Å²) in [5.41, 5.74) is -11.1. The number of carbonyl (C=O) groups is 1. The highest BCUT2D eigenvalue weighted by Gasteiger charge is 3.08. The van der Waals surface area contributed by atoms with Crippen LogP contribution in [0.1, 0.15) is 6.92 Å². The van der Waals surface area contributed by atoms with Crippen LogP contribution in [0.15, 0.2) is 12.2 Å². The Hall–Kier alpha value is -2.26. The maximum Gasteiger partial charge on any atom is 0.473 e. The molecule has 23 heteroatoms. The molecule has 0 atom stereocenters. The van der Waals surface area contributed by atoms with Gasteiger partial charge in [0.2, 0.25) is 0 Å². The highest BCUT2D eigenvalue weighted by molar-refractivity contribution is 5.87. The summed E-state index contributed by atoms with van der Waals surface area (Å²) < 4.78 is 290. The molecule has 0 bridgehead atoms. The number of rotatable bonds is 6. The van der Waals surface area contributed by atoms with Crippen molar-refractivity contribution in [1.29, 1.82) is 0 Å². The van der Waals surface area contributed by atoms with Crippen LogP contribution in [0.4, 0.5) is 92.2 Å². The van der Waals surface area contributed by atoms with Gasteiger partial charge in [-0.15, -0.1) is 0 Å². The minimum atomic E-state index is -9.66. The van der Waals surface area contributed by atoms with Gasteiger partial charge in [-0.3, -0.25) is 0 Å². The zero-order valence-electron chi connectivity index (χ0n) is 17.0. The standard InChI is InChI=1S/C15H5F21O2/c1-3(2)4(37)38-15(35,36)14(33,34)11(27,28)8(21,22)5(16)6(17,18)9(23,24)12(29,30)13(31,32)10(25,26)7(5,19)20/h1H2,2H3. The van der Waals surface area contributed by atoms with Gasteiger partial charge in [0.15, 0.2) is 0 Å². The fourth-order valence-corrected chi connectivity index (χ4v) is 2.68. The molecule has 0 radical (unpaired) electrons. The van der Waals surface area contributed by atoms with Crippen LogP contribution in [0.3, 0.4) is 0 Å². The molecule has 0 amide bonds. The lowest BCUT2D eigenvalue weighted by Crippen LogP contribution is -2.81. The largest absolute Gasteiger partial charge is 0.473 e. The molecule has 0 aromatic heterocycles. The van der Waals surface area contributed by atoms with E-state index in [-0.39, 0.29) is 6.92 Å². The van der Waals surface area contributed by atoms with Crippen molar-refractivity contribution in [3.8, 4) is 0 Å². The van der Waals surface area contributed by atoms with E-state index in [0.717, 1.165) is 0 Å². The number of esters is 1. The van der Waals surface area contributed by atoms with E-state index in [4.69, 9.17) is 0 Å². The first kappa shape index (κ1) is 33.8. The van der Waals surface area contributed by atoms with Crippen molar-refractivity contribution in [2.45, 2.75) is 72.0 Å². The molecule has 38 heavy (non-hydrogen) atoms. The molecule has 0 aromatic rings. The second-order valence-corrected chi connectivity index (χ2v) is 7.51. The maximum absolute atomic E-state index is 14.6. The molecular weight excluding hydrogens is 611 g/mol. The Labute approximate surface area is 193 Å². The molecule has 0 unspecified atom stereocenters. The smallest absolute Gasteiger partial charge is 0.393 e. The maximum atomic E-state index is 14.6. The summed E-state index contributed by atoms with van der Waals surface area (Å²) >= 11 is 0. The number of carbonyl (C=O) groups excluding carboxylic acids is 1. The molecule has 1 aliphatic rings. The van der Waals surface area contributed by atoms with Crippen molar-refractivity contribution < 1.29 is 102 Å². The lowest BCUT2D eigenvalue weighted by Gasteiger charge is -2.47. The van der Waals surface area contributed by atoms with Gasteiger partial charge in [-0.25, -0.2) is 9.18 Å². The Morgan fingerprint density at radius 1 is 0.553 bits per heavy atom. The normalized spacial score (nSPS) is 25.7. The zero-order chi connectivity index (χ0) is 31.4. The van der Waals surface area contributed by atoms with Crippen molar-refractivity contribution in [3.63, 3.8) is 0 Å². The van der Waals surface area contributed by atoms with Crippen LogP contribution in [0, 0.1) is 0 Å². The average Bonchev–Trinajstić information content (AvgIpc) is 2.70. The minimum Gasteiger partial charge on any atom is -0.393 e. The molecule has 2 nitrogen and oxygen atoms in total. The fraction of sp³-hybridized carbons (Fsp3) is 0.800. The number of halogens is 21. The Kier molecular flexibility index (Phi) is 7.02. The van der Waals surface area contributed by atoms with Crippen LogP contribution in [-0.4, -0.2) is 71.0 Å². The van der Waals surface area contributed by atoms with E-state index in [1.54, 1.807) is 0 Å². The van der Waals surface area contributed by atoms with E-state index in [9.17, 15) is 97.0 Å². The van der Waals surface area contributed by atoms with Gasteiger partial charge in [0.25, 0.3) is 0 Å². The number of alkyl halides is 21. The van der Waals surface area contributed by atoms with Gasteiger partial charge in [-0.05, 0) is 6.92 Å². The van der Waals surface area contributed by atoms with Crippen molar-refractivity contribution in [2.75, 3.05) is 0 Å². The highest BCUT2D eigenvalue weighted by Crippen LogP contribution is 2.74. The number of hydrogen-bond acceptors (Lipinski definition) is 2. The van der Waals surface area contributed by atoms with Crippen LogP contribution < -0.4 is 0 Å². The van der Waals surface area contributed by atoms with Gasteiger partial charge in [-0.2, -0.15) is 87.8 Å². The van der Waals surface area contributed by atoms with E-state index >= 15 is 0 Å². The lowest BCUT2D eigenvalue weighted by atomic mass is 9.76. The van der Waals surface area contributed by atoms with Crippen molar-refractivity contribution in [3.05, 3.63) is 12.2 Å². The predicted molar refractivity (Wildman–Crippen MR) is 74.2 cm³/mol. The van der Waals surface area contributed by atoms with Gasteiger partial charge >= 0.3 is 71.0 Å². The molecule has 224 valence electrons. The minimum absolute atomic E-state index is 0.247. The Morgan fingerprint density at radius 3 is 1.08 bits per heavy atom. The molecule has 1 fully saturated rings. The molecule has 1 saturated carbocycles. The topological polar surface area (TPSA) is 26.3 Å². The Balaban J connectivity index is 4.25. The highest BCUT2D eigenvalue weighted by atomic mass is 19.4. The lowest BCUT2D eigenvalue weighted by molar-refractivity contribution is -0.471. The second-order valence-electron chi connectivity index (χ2n) is 7.51. The third-order valence-corrected chi connectivity index (χ3v) is 4.99. The van der Waals surface area contributed by atoms with Crippen LogP contribution in [0.5, 0.6) is 0 Å². The van der Waals surface area contributed by atoms with Crippen LogP contribution in [0.2, 0.25) is 0 Å². The molecule has 0 spiro atoms. The number of ether oxygens (including phenoxy) is 1. The summed E-state index contributed by atoms with van der Waals surface area (Å²) in [6.07, 6.45) is -7.60. The summed E-state index contributed by atoms with van der Waals surface area (Å²) in [6.45, 7) is 2.62. The SMILES string of the molecule is C=C(C)C(=O)OC(F)(F)C(F)(F)C(F)(F)C(F)(F)C1(F)C(F)(F)C(F)(F)C(F)(F)C(F)(F)C(F)(F)C1(F)F. The predicted octanol–water partition coefficient (Wildman–Crippen LogP) is 7.14. The van der Waals surface area contributed by atoms with Gasteiger partial charge in [0.05, 0.1) is 0 Å². The molecule has 0 aliphatic heterocycles. The first-order valence-corrected chi connectivity index (χ1v) is 8.43. The van der Waals surface area contributed by atoms with Crippen LogP contribution >= 0.6 is 0 Å². The van der Waals surface area contributed by atoms with E-state index in [2.05, 4.69) is 11.3 Å². The van der Waals surface area contributed by atoms with Crippen molar-refractivity contribution >= 4 is 5.97 Å². The van der Waals surface area contributed by atoms with Crippen LogP contribution in [0.25, 0.3) is 0 Å². The van der Waals surface area contributed by atoms with E-state index in [0.29, 0.717) is 0 Å². The van der Waals surface area contributed by atoms with E-state index < -0.39 is 76.6 Å². The monoisotopic (exact) mass is 616 g/mol.